The Morgan fingerprint density at radius 3 is 2.59 bits per heavy atom. The van der Waals surface area contributed by atoms with Crippen LogP contribution in [0.3, 0.4) is 0 Å². The maximum Gasteiger partial charge on any atom is 0.253 e. The summed E-state index contributed by atoms with van der Waals surface area (Å²) in [5.74, 6) is -0.109. The van der Waals surface area contributed by atoms with Crippen LogP contribution in [0.2, 0.25) is 0 Å². The number of anilines is 3. The molecule has 116 valence electrons. The monoisotopic (exact) mass is 297 g/mol. The Hall–Kier alpha value is -2.49. The molecular formula is C18H23N3O. The number of carbonyl (C=O) groups excluding carboxylic acids is 1. The van der Waals surface area contributed by atoms with E-state index in [-0.39, 0.29) is 5.91 Å². The Kier molecular flexibility index (Phi) is 5.04. The van der Waals surface area contributed by atoms with E-state index in [2.05, 4.69) is 28.8 Å². The molecule has 0 saturated heterocycles. The van der Waals surface area contributed by atoms with Crippen LogP contribution in [0.15, 0.2) is 36.4 Å². The minimum atomic E-state index is -0.109. The van der Waals surface area contributed by atoms with Gasteiger partial charge in [0.05, 0.1) is 11.3 Å². The minimum Gasteiger partial charge on any atom is -0.399 e. The number of amides is 1. The maximum absolute atomic E-state index is 12.3. The van der Waals surface area contributed by atoms with Crippen molar-refractivity contribution in [2.24, 2.45) is 0 Å². The second-order valence-electron chi connectivity index (χ2n) is 5.50. The molecule has 4 N–H and O–H groups in total. The number of nitrogen functional groups attached to an aromatic ring is 1. The Morgan fingerprint density at radius 2 is 1.86 bits per heavy atom. The third-order valence-corrected chi connectivity index (χ3v) is 3.49. The molecule has 0 heterocycles. The summed E-state index contributed by atoms with van der Waals surface area (Å²) < 4.78 is 0. The summed E-state index contributed by atoms with van der Waals surface area (Å²) in [5, 5.41) is 6.24. The van der Waals surface area contributed by atoms with Crippen LogP contribution in [0.25, 0.3) is 0 Å². The van der Waals surface area contributed by atoms with Gasteiger partial charge in [0.2, 0.25) is 0 Å². The molecule has 1 amide bonds. The van der Waals surface area contributed by atoms with Crippen LogP contribution < -0.4 is 16.4 Å². The van der Waals surface area contributed by atoms with Crippen molar-refractivity contribution in [2.45, 2.75) is 27.2 Å². The predicted octanol–water partition coefficient (Wildman–Crippen LogP) is 3.77. The van der Waals surface area contributed by atoms with E-state index in [0.717, 1.165) is 23.4 Å². The lowest BCUT2D eigenvalue weighted by Gasteiger charge is -2.15. The lowest BCUT2D eigenvalue weighted by atomic mass is 10.1. The van der Waals surface area contributed by atoms with Gasteiger partial charge in [-0.2, -0.15) is 0 Å². The van der Waals surface area contributed by atoms with Crippen LogP contribution in [0.4, 0.5) is 17.1 Å². The highest BCUT2D eigenvalue weighted by Gasteiger charge is 2.12. The van der Waals surface area contributed by atoms with Gasteiger partial charge in [-0.15, -0.1) is 0 Å². The summed E-state index contributed by atoms with van der Waals surface area (Å²) in [5.41, 5.74) is 11.0. The zero-order chi connectivity index (χ0) is 16.1. The average molecular weight is 297 g/mol. The lowest BCUT2D eigenvalue weighted by molar-refractivity contribution is 0.0954. The molecule has 2 aromatic carbocycles. The van der Waals surface area contributed by atoms with Gasteiger partial charge in [0.15, 0.2) is 0 Å². The molecule has 4 nitrogen and oxygen atoms in total. The van der Waals surface area contributed by atoms with E-state index < -0.39 is 0 Å². The molecule has 0 fully saturated rings. The molecule has 0 aromatic heterocycles. The van der Waals surface area contributed by atoms with E-state index >= 15 is 0 Å². The minimum absolute atomic E-state index is 0.109. The van der Waals surface area contributed by atoms with Gasteiger partial charge in [0.25, 0.3) is 5.91 Å². The fraction of sp³-hybridized carbons (Fsp3) is 0.278. The number of hydrogen-bond acceptors (Lipinski definition) is 3. The van der Waals surface area contributed by atoms with E-state index in [1.165, 1.54) is 5.56 Å². The van der Waals surface area contributed by atoms with Crippen molar-refractivity contribution in [1.82, 2.24) is 5.32 Å². The number of hydrogen-bond donors (Lipinski definition) is 3. The molecule has 0 aliphatic rings. The summed E-state index contributed by atoms with van der Waals surface area (Å²) in [6.45, 7) is 6.75. The lowest BCUT2D eigenvalue weighted by Crippen LogP contribution is -2.25. The predicted molar refractivity (Wildman–Crippen MR) is 92.7 cm³/mol. The van der Waals surface area contributed by atoms with Gasteiger partial charge in [-0.1, -0.05) is 19.1 Å². The molecule has 4 heteroatoms. The van der Waals surface area contributed by atoms with Crippen molar-refractivity contribution in [3.63, 3.8) is 0 Å². The van der Waals surface area contributed by atoms with Crippen LogP contribution in [0.5, 0.6) is 0 Å². The third kappa shape index (κ3) is 3.79. The van der Waals surface area contributed by atoms with Crippen LogP contribution in [0, 0.1) is 13.8 Å². The molecule has 0 unspecified atom stereocenters. The largest absolute Gasteiger partial charge is 0.399 e. The van der Waals surface area contributed by atoms with Crippen molar-refractivity contribution in [2.75, 3.05) is 17.6 Å². The quantitative estimate of drug-likeness (QED) is 0.736. The molecule has 0 saturated carbocycles. The standard InChI is InChI=1S/C18H23N3O/c1-4-9-20-18(22)15-11-14(19)7-8-16(15)21-17-10-12(2)5-6-13(17)3/h5-8,10-11,21H,4,9,19H2,1-3H3,(H,20,22). The number of rotatable bonds is 5. The normalized spacial score (nSPS) is 10.3. The Labute approximate surface area is 131 Å². The third-order valence-electron chi connectivity index (χ3n) is 3.49. The van der Waals surface area contributed by atoms with Gasteiger partial charge in [0, 0.05) is 17.9 Å². The van der Waals surface area contributed by atoms with Gasteiger partial charge >= 0.3 is 0 Å². The molecule has 0 radical (unpaired) electrons. The van der Waals surface area contributed by atoms with E-state index in [1.54, 1.807) is 12.1 Å². The van der Waals surface area contributed by atoms with E-state index in [4.69, 9.17) is 5.73 Å². The van der Waals surface area contributed by atoms with Crippen LogP contribution in [-0.4, -0.2) is 12.5 Å². The second-order valence-corrected chi connectivity index (χ2v) is 5.50. The Balaban J connectivity index is 2.34. The Bertz CT molecular complexity index is 680. The first-order valence-electron chi connectivity index (χ1n) is 7.53. The molecule has 0 bridgehead atoms. The summed E-state index contributed by atoms with van der Waals surface area (Å²) in [6, 6.07) is 11.5. The second kappa shape index (κ2) is 6.98. The fourth-order valence-corrected chi connectivity index (χ4v) is 2.21. The topological polar surface area (TPSA) is 67.2 Å². The highest BCUT2D eigenvalue weighted by atomic mass is 16.1. The Morgan fingerprint density at radius 1 is 1.09 bits per heavy atom. The summed E-state index contributed by atoms with van der Waals surface area (Å²) in [4.78, 5) is 12.3. The summed E-state index contributed by atoms with van der Waals surface area (Å²) in [7, 11) is 0. The molecule has 2 rings (SSSR count). The molecule has 0 aliphatic heterocycles. The van der Waals surface area contributed by atoms with Gasteiger partial charge in [-0.25, -0.2) is 0 Å². The molecule has 2 aromatic rings. The van der Waals surface area contributed by atoms with E-state index in [1.807, 2.05) is 26.8 Å². The van der Waals surface area contributed by atoms with Crippen molar-refractivity contribution >= 4 is 23.0 Å². The van der Waals surface area contributed by atoms with E-state index in [0.29, 0.717) is 17.8 Å². The summed E-state index contributed by atoms with van der Waals surface area (Å²) >= 11 is 0. The summed E-state index contributed by atoms with van der Waals surface area (Å²) in [6.07, 6.45) is 0.897. The highest BCUT2D eigenvalue weighted by Crippen LogP contribution is 2.26. The van der Waals surface area contributed by atoms with Crippen LogP contribution >= 0.6 is 0 Å². The van der Waals surface area contributed by atoms with Gasteiger partial charge in [0.1, 0.15) is 0 Å². The molecule has 0 atom stereocenters. The van der Waals surface area contributed by atoms with Gasteiger partial charge in [-0.05, 0) is 55.7 Å². The number of carbonyl (C=O) groups is 1. The van der Waals surface area contributed by atoms with Gasteiger partial charge in [-0.3, -0.25) is 4.79 Å². The number of nitrogens with two attached hydrogens (primary N) is 1. The molecular weight excluding hydrogens is 274 g/mol. The van der Waals surface area contributed by atoms with Crippen molar-refractivity contribution < 1.29 is 4.79 Å². The first kappa shape index (κ1) is 15.9. The fourth-order valence-electron chi connectivity index (χ4n) is 2.21. The SMILES string of the molecule is CCCNC(=O)c1cc(N)ccc1Nc1cc(C)ccc1C. The van der Waals surface area contributed by atoms with Crippen LogP contribution in [0.1, 0.15) is 34.8 Å². The van der Waals surface area contributed by atoms with Crippen molar-refractivity contribution in [3.8, 4) is 0 Å². The zero-order valence-corrected chi connectivity index (χ0v) is 13.4. The molecule has 22 heavy (non-hydrogen) atoms. The smallest absolute Gasteiger partial charge is 0.253 e. The molecule has 0 aliphatic carbocycles. The van der Waals surface area contributed by atoms with Crippen LogP contribution in [-0.2, 0) is 0 Å². The zero-order valence-electron chi connectivity index (χ0n) is 13.4. The van der Waals surface area contributed by atoms with E-state index in [9.17, 15) is 4.79 Å². The number of nitrogens with one attached hydrogen (secondary N) is 2. The average Bonchev–Trinajstić information content (AvgIpc) is 2.50. The maximum atomic E-state index is 12.3. The van der Waals surface area contributed by atoms with Crippen molar-refractivity contribution in [3.05, 3.63) is 53.1 Å². The number of benzene rings is 2. The van der Waals surface area contributed by atoms with Crippen molar-refractivity contribution in [1.29, 1.82) is 0 Å². The first-order chi connectivity index (χ1) is 10.5. The number of aryl methyl sites for hydroxylation is 2. The molecule has 0 spiro atoms. The highest BCUT2D eigenvalue weighted by molar-refractivity contribution is 6.01. The first-order valence-corrected chi connectivity index (χ1v) is 7.53. The van der Waals surface area contributed by atoms with Gasteiger partial charge < -0.3 is 16.4 Å².